The van der Waals surface area contributed by atoms with Gasteiger partial charge in [-0.25, -0.2) is 5.43 Å². The molecule has 0 radical (unpaired) electrons. The monoisotopic (exact) mass is 514 g/mol. The predicted octanol–water partition coefficient (Wildman–Crippen LogP) is 3.33. The summed E-state index contributed by atoms with van der Waals surface area (Å²) in [5, 5.41) is 27.1. The maximum absolute atomic E-state index is 12.7. The van der Waals surface area contributed by atoms with Gasteiger partial charge >= 0.3 is 11.9 Å². The van der Waals surface area contributed by atoms with Crippen molar-refractivity contribution in [2.24, 2.45) is 5.10 Å². The van der Waals surface area contributed by atoms with Crippen LogP contribution in [-0.4, -0.2) is 53.2 Å². The van der Waals surface area contributed by atoms with Crippen molar-refractivity contribution >= 4 is 35.5 Å². The second kappa shape index (κ2) is 12.1. The molecule has 1 atom stereocenters. The number of hydrazone groups is 1. The molecule has 0 bridgehead atoms. The van der Waals surface area contributed by atoms with E-state index < -0.39 is 46.0 Å². The summed E-state index contributed by atoms with van der Waals surface area (Å²) in [6.45, 7) is 0. The van der Waals surface area contributed by atoms with Crippen LogP contribution in [0.3, 0.4) is 0 Å². The molecule has 2 amide bonds. The zero-order valence-electron chi connectivity index (χ0n) is 18.5. The van der Waals surface area contributed by atoms with Crippen LogP contribution in [0.2, 0.25) is 0 Å². The highest BCUT2D eigenvalue weighted by Gasteiger charge is 2.30. The molecule has 0 aromatic heterocycles. The number of aromatic hydroxyl groups is 1. The van der Waals surface area contributed by atoms with Gasteiger partial charge in [-0.3, -0.25) is 19.7 Å². The highest BCUT2D eigenvalue weighted by Crippen LogP contribution is 2.36. The Hall–Kier alpha value is -3.81. The lowest BCUT2D eigenvalue weighted by Crippen LogP contribution is -2.45. The van der Waals surface area contributed by atoms with Crippen LogP contribution >= 0.6 is 11.8 Å². The van der Waals surface area contributed by atoms with Crippen LogP contribution in [0.1, 0.15) is 27.9 Å². The second-order valence-corrected chi connectivity index (χ2v) is 7.95. The molecule has 0 saturated heterocycles. The van der Waals surface area contributed by atoms with Crippen LogP contribution in [0.15, 0.2) is 41.5 Å². The minimum atomic E-state index is -4.55. The van der Waals surface area contributed by atoms with E-state index in [-0.39, 0.29) is 23.3 Å². The fraction of sp³-hybridized carbons (Fsp3) is 0.286. The Morgan fingerprint density at radius 3 is 2.49 bits per heavy atom. The number of nitro benzene ring substituents is 1. The lowest BCUT2D eigenvalue weighted by molar-refractivity contribution is -0.386. The number of carbonyl (C=O) groups is 2. The largest absolute Gasteiger partial charge is 0.500 e. The molecule has 188 valence electrons. The fourth-order valence-electron chi connectivity index (χ4n) is 2.79. The van der Waals surface area contributed by atoms with E-state index in [1.54, 1.807) is 6.26 Å². The lowest BCUT2D eigenvalue weighted by atomic mass is 10.1. The number of rotatable bonds is 10. The molecule has 0 aliphatic carbocycles. The molecule has 0 fully saturated rings. The van der Waals surface area contributed by atoms with E-state index in [0.717, 1.165) is 36.5 Å². The van der Waals surface area contributed by atoms with Crippen molar-refractivity contribution in [3.8, 4) is 11.5 Å². The maximum atomic E-state index is 12.7. The van der Waals surface area contributed by atoms with Crippen LogP contribution in [-0.2, 0) is 11.0 Å². The van der Waals surface area contributed by atoms with Crippen molar-refractivity contribution in [3.63, 3.8) is 0 Å². The zero-order valence-corrected chi connectivity index (χ0v) is 19.3. The number of nitrogens with one attached hydrogen (secondary N) is 2. The average Bonchev–Trinajstić information content (AvgIpc) is 2.81. The Bertz CT molecular complexity index is 1110. The SMILES string of the molecule is COc1cc(C=NNC(=O)C(CCSC)NC(=O)c2ccc(C(F)(F)F)cc2)cc([N+](=O)[O-])c1O. The number of methoxy groups -OCH3 is 1. The zero-order chi connectivity index (χ0) is 26.2. The second-order valence-electron chi connectivity index (χ2n) is 6.96. The first kappa shape index (κ1) is 27.4. The molecule has 0 spiro atoms. The molecule has 0 heterocycles. The average molecular weight is 514 g/mol. The molecule has 2 aromatic carbocycles. The number of hydrogen-bond acceptors (Lipinski definition) is 8. The molecule has 0 saturated carbocycles. The third kappa shape index (κ3) is 7.60. The van der Waals surface area contributed by atoms with Crippen LogP contribution in [0.25, 0.3) is 0 Å². The van der Waals surface area contributed by atoms with E-state index in [0.29, 0.717) is 5.75 Å². The Labute approximate surface area is 201 Å². The van der Waals surface area contributed by atoms with Gasteiger partial charge in [0, 0.05) is 17.2 Å². The van der Waals surface area contributed by atoms with E-state index in [4.69, 9.17) is 4.74 Å². The minimum absolute atomic E-state index is 0.0630. The summed E-state index contributed by atoms with van der Waals surface area (Å²) in [5.41, 5.74) is 0.751. The summed E-state index contributed by atoms with van der Waals surface area (Å²) < 4.78 is 43.0. The molecule has 2 aromatic rings. The van der Waals surface area contributed by atoms with Gasteiger partial charge in [0.25, 0.3) is 11.8 Å². The summed E-state index contributed by atoms with van der Waals surface area (Å²) in [6, 6.07) is 4.76. The van der Waals surface area contributed by atoms with E-state index in [2.05, 4.69) is 15.8 Å². The first-order valence-electron chi connectivity index (χ1n) is 9.83. The topological polar surface area (TPSA) is 143 Å². The number of nitrogens with zero attached hydrogens (tertiary/aromatic N) is 2. The number of ether oxygens (including phenoxy) is 1. The van der Waals surface area contributed by atoms with Crippen molar-refractivity contribution in [3.05, 3.63) is 63.2 Å². The third-order valence-electron chi connectivity index (χ3n) is 4.59. The van der Waals surface area contributed by atoms with E-state index >= 15 is 0 Å². The van der Waals surface area contributed by atoms with Gasteiger partial charge in [-0.05, 0) is 48.8 Å². The van der Waals surface area contributed by atoms with Crippen molar-refractivity contribution in [2.45, 2.75) is 18.6 Å². The van der Waals surface area contributed by atoms with Crippen LogP contribution in [0.5, 0.6) is 11.5 Å². The summed E-state index contributed by atoms with van der Waals surface area (Å²) in [5.74, 6) is -1.81. The number of phenols is 1. The van der Waals surface area contributed by atoms with E-state index in [1.807, 2.05) is 0 Å². The number of alkyl halides is 3. The highest BCUT2D eigenvalue weighted by atomic mass is 32.2. The van der Waals surface area contributed by atoms with E-state index in [1.165, 1.54) is 24.9 Å². The molecule has 3 N–H and O–H groups in total. The molecule has 35 heavy (non-hydrogen) atoms. The first-order chi connectivity index (χ1) is 16.5. The van der Waals surface area contributed by atoms with Gasteiger partial charge in [0.15, 0.2) is 5.75 Å². The van der Waals surface area contributed by atoms with Crippen molar-refractivity contribution in [2.75, 3.05) is 19.1 Å². The number of thioether (sulfide) groups is 1. The first-order valence-corrected chi connectivity index (χ1v) is 11.2. The Morgan fingerprint density at radius 2 is 1.94 bits per heavy atom. The molecule has 0 aliphatic heterocycles. The number of nitro groups is 1. The van der Waals surface area contributed by atoms with Gasteiger partial charge in [0.1, 0.15) is 6.04 Å². The Balaban J connectivity index is 2.13. The lowest BCUT2D eigenvalue weighted by Gasteiger charge is -2.17. The van der Waals surface area contributed by atoms with Crippen LogP contribution in [0, 0.1) is 10.1 Å². The van der Waals surface area contributed by atoms with Crippen molar-refractivity contribution in [1.82, 2.24) is 10.7 Å². The van der Waals surface area contributed by atoms with Crippen LogP contribution < -0.4 is 15.5 Å². The number of benzene rings is 2. The normalized spacial score (nSPS) is 12.3. The summed E-state index contributed by atoms with van der Waals surface area (Å²) in [6.07, 6.45) is -1.48. The van der Waals surface area contributed by atoms with E-state index in [9.17, 15) is 38.0 Å². The molecule has 10 nitrogen and oxygen atoms in total. The Kier molecular flexibility index (Phi) is 9.45. The number of hydrogen-bond donors (Lipinski definition) is 3. The number of halogens is 3. The van der Waals surface area contributed by atoms with Gasteiger partial charge in [0.2, 0.25) is 5.75 Å². The van der Waals surface area contributed by atoms with Crippen molar-refractivity contribution in [1.29, 1.82) is 0 Å². The molecular weight excluding hydrogens is 493 g/mol. The van der Waals surface area contributed by atoms with Gasteiger partial charge in [-0.1, -0.05) is 0 Å². The molecule has 0 aliphatic rings. The summed E-state index contributed by atoms with van der Waals surface area (Å²) in [7, 11) is 1.21. The molecule has 2 rings (SSSR count). The number of carbonyl (C=O) groups excluding carboxylic acids is 2. The predicted molar refractivity (Wildman–Crippen MR) is 123 cm³/mol. The summed E-state index contributed by atoms with van der Waals surface area (Å²) in [4.78, 5) is 35.3. The third-order valence-corrected chi connectivity index (χ3v) is 5.23. The molecular formula is C21H21F3N4O6S. The number of phenolic OH excluding ortho intramolecular Hbond substituents is 1. The van der Waals surface area contributed by atoms with Crippen molar-refractivity contribution < 1.29 is 37.5 Å². The minimum Gasteiger partial charge on any atom is -0.500 e. The standard InChI is InChI=1S/C21H21F3N4O6S/c1-34-17-10-12(9-16(18(17)29)28(32)33)11-25-27-20(31)15(7-8-35-2)26-19(30)13-3-5-14(6-4-13)21(22,23)24/h3-6,9-11,15,29H,7-8H2,1-2H3,(H,26,30)(H,27,31). The summed E-state index contributed by atoms with van der Waals surface area (Å²) >= 11 is 1.41. The van der Waals surface area contributed by atoms with Gasteiger partial charge < -0.3 is 15.2 Å². The quantitative estimate of drug-likeness (QED) is 0.251. The maximum Gasteiger partial charge on any atom is 0.416 e. The molecule has 14 heteroatoms. The smallest absolute Gasteiger partial charge is 0.416 e. The number of amides is 2. The van der Waals surface area contributed by atoms with Gasteiger partial charge in [-0.2, -0.15) is 30.0 Å². The fourth-order valence-corrected chi connectivity index (χ4v) is 3.26. The Morgan fingerprint density at radius 1 is 1.29 bits per heavy atom. The highest BCUT2D eigenvalue weighted by molar-refractivity contribution is 7.98. The van der Waals surface area contributed by atoms with Gasteiger partial charge in [-0.15, -0.1) is 0 Å². The van der Waals surface area contributed by atoms with Crippen LogP contribution in [0.4, 0.5) is 18.9 Å². The van der Waals surface area contributed by atoms with Gasteiger partial charge in [0.05, 0.1) is 23.8 Å². The molecule has 1 unspecified atom stereocenters.